The molecule has 2 rings (SSSR count). The summed E-state index contributed by atoms with van der Waals surface area (Å²) in [5.74, 6) is -2.73. The van der Waals surface area contributed by atoms with E-state index in [1.165, 1.54) is 12.2 Å². The van der Waals surface area contributed by atoms with E-state index in [0.717, 1.165) is 12.1 Å². The average molecular weight is 408 g/mol. The maximum atomic E-state index is 14.3. The first-order valence-electron chi connectivity index (χ1n) is 7.02. The third-order valence-corrected chi connectivity index (χ3v) is 4.07. The summed E-state index contributed by atoms with van der Waals surface area (Å²) in [7, 11) is 0. The number of alkyl halides is 3. The van der Waals surface area contributed by atoms with E-state index >= 15 is 0 Å². The fourth-order valence-corrected chi connectivity index (χ4v) is 2.74. The summed E-state index contributed by atoms with van der Waals surface area (Å²) in [5, 5.41) is 0. The summed E-state index contributed by atoms with van der Waals surface area (Å²) in [6.07, 6.45) is 0.0692. The predicted molar refractivity (Wildman–Crippen MR) is 85.1 cm³/mol. The first-order valence-corrected chi connectivity index (χ1v) is 7.93. The van der Waals surface area contributed by atoms with E-state index in [-0.39, 0.29) is 24.5 Å². The molecular formula is C16H14BrF4NO2. The quantitative estimate of drug-likeness (QED) is 0.403. The van der Waals surface area contributed by atoms with Gasteiger partial charge in [-0.05, 0) is 6.42 Å². The van der Waals surface area contributed by atoms with Crippen LogP contribution in [0, 0.1) is 11.6 Å². The van der Waals surface area contributed by atoms with Crippen LogP contribution in [-0.2, 0) is 4.79 Å². The number of benzene rings is 1. The van der Waals surface area contributed by atoms with E-state index in [4.69, 9.17) is 4.74 Å². The van der Waals surface area contributed by atoms with Crippen LogP contribution in [0.3, 0.4) is 0 Å². The van der Waals surface area contributed by atoms with Gasteiger partial charge < -0.3 is 9.64 Å². The molecule has 0 fully saturated rings. The van der Waals surface area contributed by atoms with Crippen molar-refractivity contribution in [2.75, 3.05) is 13.2 Å². The first kappa shape index (κ1) is 18.5. The molecular weight excluding hydrogens is 394 g/mol. The number of rotatable bonds is 6. The number of allylic oxidation sites excluding steroid dienone is 1. The van der Waals surface area contributed by atoms with E-state index in [2.05, 4.69) is 22.5 Å². The minimum Gasteiger partial charge on any atom is -0.489 e. The Kier molecular flexibility index (Phi) is 6.04. The fraction of sp³-hybridized carbons (Fsp3) is 0.312. The summed E-state index contributed by atoms with van der Waals surface area (Å²) in [6, 6.07) is 1.88. The van der Waals surface area contributed by atoms with Crippen molar-refractivity contribution in [1.29, 1.82) is 0 Å². The van der Waals surface area contributed by atoms with Gasteiger partial charge >= 0.3 is 0 Å². The largest absolute Gasteiger partial charge is 0.489 e. The lowest BCUT2D eigenvalue weighted by Crippen LogP contribution is -2.41. The molecule has 1 aromatic rings. The molecule has 1 unspecified atom stereocenters. The van der Waals surface area contributed by atoms with Crippen molar-refractivity contribution in [2.45, 2.75) is 17.7 Å². The van der Waals surface area contributed by atoms with Gasteiger partial charge in [-0.1, -0.05) is 34.7 Å². The SMILES string of the molecule is C=CCOc1cc(F)c(C2=CCC(Br)C(=O)N2CC(F)F)c(F)c1. The third-order valence-electron chi connectivity index (χ3n) is 3.30. The second-order valence-electron chi connectivity index (χ2n) is 4.99. The number of hydrogen-bond acceptors (Lipinski definition) is 2. The molecule has 130 valence electrons. The van der Waals surface area contributed by atoms with Crippen LogP contribution in [0.2, 0.25) is 0 Å². The number of hydrogen-bond donors (Lipinski definition) is 0. The molecule has 0 bridgehead atoms. The van der Waals surface area contributed by atoms with Gasteiger partial charge in [0.05, 0.1) is 22.6 Å². The van der Waals surface area contributed by atoms with E-state index in [1.54, 1.807) is 0 Å². The normalized spacial score (nSPS) is 17.9. The van der Waals surface area contributed by atoms with Gasteiger partial charge in [0, 0.05) is 12.1 Å². The van der Waals surface area contributed by atoms with Crippen LogP contribution in [0.1, 0.15) is 12.0 Å². The highest BCUT2D eigenvalue weighted by molar-refractivity contribution is 9.10. The second kappa shape index (κ2) is 7.83. The number of amides is 1. The van der Waals surface area contributed by atoms with E-state index in [9.17, 15) is 22.4 Å². The monoisotopic (exact) mass is 407 g/mol. The Hall–Kier alpha value is -1.83. The molecule has 8 heteroatoms. The Balaban J connectivity index is 2.44. The number of nitrogens with zero attached hydrogens (tertiary/aromatic N) is 1. The molecule has 24 heavy (non-hydrogen) atoms. The highest BCUT2D eigenvalue weighted by Crippen LogP contribution is 2.34. The van der Waals surface area contributed by atoms with Crippen LogP contribution in [0.25, 0.3) is 5.70 Å². The Morgan fingerprint density at radius 3 is 2.54 bits per heavy atom. The number of ether oxygens (including phenoxy) is 1. The molecule has 0 N–H and O–H groups in total. The maximum Gasteiger partial charge on any atom is 0.256 e. The van der Waals surface area contributed by atoms with Crippen molar-refractivity contribution in [3.05, 3.63) is 48.1 Å². The molecule has 0 radical (unpaired) electrons. The predicted octanol–water partition coefficient (Wildman–Crippen LogP) is 4.13. The minimum absolute atomic E-state index is 0.0577. The minimum atomic E-state index is -2.84. The van der Waals surface area contributed by atoms with Crippen LogP contribution in [0.15, 0.2) is 30.9 Å². The highest BCUT2D eigenvalue weighted by atomic mass is 79.9. The van der Waals surface area contributed by atoms with E-state index in [1.807, 2.05) is 0 Å². The number of carbonyl (C=O) groups excluding carboxylic acids is 1. The van der Waals surface area contributed by atoms with Crippen molar-refractivity contribution in [3.8, 4) is 5.75 Å². The topological polar surface area (TPSA) is 29.5 Å². The van der Waals surface area contributed by atoms with E-state index in [0.29, 0.717) is 4.90 Å². The standard InChI is InChI=1S/C16H14BrF4NO2/c1-2-5-24-9-6-11(18)15(12(19)7-9)13-4-3-10(17)16(23)22(13)8-14(20)21/h2,4,6-7,10,14H,1,3,5,8H2. The van der Waals surface area contributed by atoms with Crippen molar-refractivity contribution in [2.24, 2.45) is 0 Å². The van der Waals surface area contributed by atoms with Gasteiger partial charge in [-0.3, -0.25) is 4.79 Å². The molecule has 1 aromatic carbocycles. The summed E-state index contributed by atoms with van der Waals surface area (Å²) >= 11 is 3.06. The molecule has 0 saturated carbocycles. The molecule has 0 aliphatic carbocycles. The summed E-state index contributed by atoms with van der Waals surface area (Å²) in [5.41, 5.74) is -0.740. The van der Waals surface area contributed by atoms with Crippen LogP contribution in [0.4, 0.5) is 17.6 Å². The van der Waals surface area contributed by atoms with Crippen molar-refractivity contribution < 1.29 is 27.1 Å². The molecule has 1 aliphatic rings. The summed E-state index contributed by atoms with van der Waals surface area (Å²) < 4.78 is 59.3. The van der Waals surface area contributed by atoms with Gasteiger partial charge in [0.1, 0.15) is 24.0 Å². The van der Waals surface area contributed by atoms with Gasteiger partial charge in [-0.25, -0.2) is 17.6 Å². The Morgan fingerprint density at radius 2 is 2.00 bits per heavy atom. The molecule has 0 saturated heterocycles. The molecule has 3 nitrogen and oxygen atoms in total. The van der Waals surface area contributed by atoms with Crippen LogP contribution < -0.4 is 4.74 Å². The van der Waals surface area contributed by atoms with Crippen molar-refractivity contribution >= 4 is 27.5 Å². The Morgan fingerprint density at radius 1 is 1.38 bits per heavy atom. The zero-order valence-corrected chi connectivity index (χ0v) is 14.0. The number of halogens is 5. The molecule has 1 amide bonds. The van der Waals surface area contributed by atoms with Gasteiger partial charge in [0.2, 0.25) is 5.91 Å². The second-order valence-corrected chi connectivity index (χ2v) is 6.10. The molecule has 1 heterocycles. The average Bonchev–Trinajstić information content (AvgIpc) is 2.51. The zero-order valence-electron chi connectivity index (χ0n) is 12.4. The molecule has 1 aliphatic heterocycles. The Labute approximate surface area is 144 Å². The highest BCUT2D eigenvalue weighted by Gasteiger charge is 2.33. The smallest absolute Gasteiger partial charge is 0.256 e. The fourth-order valence-electron chi connectivity index (χ4n) is 2.31. The van der Waals surface area contributed by atoms with Gasteiger partial charge in [0.25, 0.3) is 6.43 Å². The third kappa shape index (κ3) is 3.98. The lowest BCUT2D eigenvalue weighted by molar-refractivity contribution is -0.129. The van der Waals surface area contributed by atoms with E-state index < -0.39 is 40.9 Å². The first-order chi connectivity index (χ1) is 11.3. The van der Waals surface area contributed by atoms with Crippen molar-refractivity contribution in [1.82, 2.24) is 4.90 Å². The number of carbonyl (C=O) groups is 1. The van der Waals surface area contributed by atoms with Crippen LogP contribution in [-0.4, -0.2) is 35.2 Å². The summed E-state index contributed by atoms with van der Waals surface area (Å²) in [6.45, 7) is 2.54. The zero-order chi connectivity index (χ0) is 17.9. The molecule has 0 aromatic heterocycles. The van der Waals surface area contributed by atoms with Gasteiger partial charge in [-0.2, -0.15) is 0 Å². The van der Waals surface area contributed by atoms with Crippen LogP contribution >= 0.6 is 15.9 Å². The lowest BCUT2D eigenvalue weighted by Gasteiger charge is -2.31. The van der Waals surface area contributed by atoms with Gasteiger partial charge in [-0.15, -0.1) is 0 Å². The maximum absolute atomic E-state index is 14.3. The molecule has 1 atom stereocenters. The van der Waals surface area contributed by atoms with Gasteiger partial charge in [0.15, 0.2) is 0 Å². The van der Waals surface area contributed by atoms with Crippen LogP contribution in [0.5, 0.6) is 5.75 Å². The van der Waals surface area contributed by atoms with Crippen molar-refractivity contribution in [3.63, 3.8) is 0 Å². The lowest BCUT2D eigenvalue weighted by atomic mass is 10.0. The Bertz CT molecular complexity index is 655. The molecule has 0 spiro atoms. The summed E-state index contributed by atoms with van der Waals surface area (Å²) in [4.78, 5) is 12.1.